The molecule has 49 heavy (non-hydrogen) atoms. The third kappa shape index (κ3) is 8.16. The minimum absolute atomic E-state index is 0.0541. The second kappa shape index (κ2) is 14.2. The lowest BCUT2D eigenvalue weighted by atomic mass is 10.2. The van der Waals surface area contributed by atoms with E-state index in [0.717, 1.165) is 0 Å². The molecule has 8 nitrogen and oxygen atoms in total. The van der Waals surface area contributed by atoms with Gasteiger partial charge in [-0.15, -0.1) is 0 Å². The van der Waals surface area contributed by atoms with Gasteiger partial charge in [0.25, 0.3) is 11.8 Å². The number of amides is 2. The molecule has 0 fully saturated rings. The van der Waals surface area contributed by atoms with Gasteiger partial charge in [0, 0.05) is 34.6 Å². The van der Waals surface area contributed by atoms with Crippen molar-refractivity contribution in [1.82, 2.24) is 0 Å². The van der Waals surface area contributed by atoms with E-state index in [2.05, 4.69) is 10.6 Å². The normalized spacial score (nSPS) is 11.0. The summed E-state index contributed by atoms with van der Waals surface area (Å²) in [6.45, 7) is 0. The minimum atomic E-state index is -3.87. The zero-order chi connectivity index (χ0) is 34.4. The molecule has 6 aromatic carbocycles. The Morgan fingerprint density at radius 1 is 0.469 bits per heavy atom. The Hall–Kier alpha value is -6.33. The lowest BCUT2D eigenvalue weighted by Gasteiger charge is -2.11. The standard InChI is InChI=1S/C38H26F2N2O6S/c39-27-11-7-25(8-12-27)37(43)41-29-3-1-5-33(23-29)47-31-15-19-35(20-16-31)49(45,46)36-21-17-32(18-22-36)48-34-6-2-4-30(24-34)42-38(44)26-9-13-28(40)14-10-26/h1-24H,(H,41,43)(H,42,44). The van der Waals surface area contributed by atoms with E-state index in [-0.39, 0.29) is 9.79 Å². The van der Waals surface area contributed by atoms with Gasteiger partial charge in [0.1, 0.15) is 34.6 Å². The highest BCUT2D eigenvalue weighted by atomic mass is 32.2. The molecule has 244 valence electrons. The number of anilines is 2. The van der Waals surface area contributed by atoms with Crippen LogP contribution in [0.2, 0.25) is 0 Å². The van der Waals surface area contributed by atoms with Crippen molar-refractivity contribution in [3.63, 3.8) is 0 Å². The molecule has 2 N–H and O–H groups in total. The maximum absolute atomic E-state index is 13.3. The number of sulfone groups is 1. The molecule has 0 saturated carbocycles. The van der Waals surface area contributed by atoms with Gasteiger partial charge in [-0.05, 0) is 121 Å². The molecule has 0 heterocycles. The van der Waals surface area contributed by atoms with Crippen LogP contribution in [-0.2, 0) is 9.84 Å². The first-order valence-corrected chi connectivity index (χ1v) is 16.3. The third-order valence-electron chi connectivity index (χ3n) is 7.14. The highest BCUT2D eigenvalue weighted by Crippen LogP contribution is 2.30. The lowest BCUT2D eigenvalue weighted by Crippen LogP contribution is -2.11. The van der Waals surface area contributed by atoms with Crippen LogP contribution >= 0.6 is 0 Å². The first-order chi connectivity index (χ1) is 23.6. The van der Waals surface area contributed by atoms with Crippen molar-refractivity contribution in [3.8, 4) is 23.0 Å². The molecule has 2 amide bonds. The minimum Gasteiger partial charge on any atom is -0.457 e. The van der Waals surface area contributed by atoms with E-state index in [4.69, 9.17) is 9.47 Å². The molecular formula is C38H26F2N2O6S. The number of hydrogen-bond acceptors (Lipinski definition) is 6. The van der Waals surface area contributed by atoms with E-state index >= 15 is 0 Å². The topological polar surface area (TPSA) is 111 Å². The van der Waals surface area contributed by atoms with Crippen LogP contribution in [0, 0.1) is 11.6 Å². The van der Waals surface area contributed by atoms with Gasteiger partial charge < -0.3 is 20.1 Å². The maximum Gasteiger partial charge on any atom is 0.255 e. The van der Waals surface area contributed by atoms with Gasteiger partial charge in [0.05, 0.1) is 9.79 Å². The Kier molecular flexibility index (Phi) is 9.45. The van der Waals surface area contributed by atoms with Gasteiger partial charge in [-0.1, -0.05) is 12.1 Å². The van der Waals surface area contributed by atoms with E-state index in [1.807, 2.05) is 0 Å². The number of ether oxygens (including phenoxy) is 2. The number of carbonyl (C=O) groups excluding carboxylic acids is 2. The van der Waals surface area contributed by atoms with Crippen LogP contribution < -0.4 is 20.1 Å². The summed E-state index contributed by atoms with van der Waals surface area (Å²) in [5, 5.41) is 5.46. The molecule has 0 aliphatic heterocycles. The van der Waals surface area contributed by atoms with E-state index < -0.39 is 33.3 Å². The molecule has 0 bridgehead atoms. The van der Waals surface area contributed by atoms with Crippen molar-refractivity contribution in [2.45, 2.75) is 9.79 Å². The van der Waals surface area contributed by atoms with Crippen LogP contribution in [0.25, 0.3) is 0 Å². The summed E-state index contributed by atoms with van der Waals surface area (Å²) in [5.74, 6) is -0.142. The van der Waals surface area contributed by atoms with Crippen LogP contribution in [0.1, 0.15) is 20.7 Å². The summed E-state index contributed by atoms with van der Waals surface area (Å²) >= 11 is 0. The average molecular weight is 677 g/mol. The number of carbonyl (C=O) groups is 2. The summed E-state index contributed by atoms with van der Waals surface area (Å²) in [5.41, 5.74) is 1.51. The number of benzene rings is 6. The Morgan fingerprint density at radius 2 is 0.837 bits per heavy atom. The van der Waals surface area contributed by atoms with E-state index in [9.17, 15) is 26.8 Å². The van der Waals surface area contributed by atoms with Gasteiger partial charge >= 0.3 is 0 Å². The SMILES string of the molecule is O=C(Nc1cccc(Oc2ccc(S(=O)(=O)c3ccc(Oc4cccc(NC(=O)c5ccc(F)cc5)c4)cc3)cc2)c1)c1ccc(F)cc1. The quantitative estimate of drug-likeness (QED) is 0.150. The van der Waals surface area contributed by atoms with Crippen molar-refractivity contribution in [3.05, 3.63) is 168 Å². The zero-order valence-electron chi connectivity index (χ0n) is 25.5. The van der Waals surface area contributed by atoms with E-state index in [0.29, 0.717) is 45.5 Å². The summed E-state index contributed by atoms with van der Waals surface area (Å²) < 4.78 is 64.8. The van der Waals surface area contributed by atoms with Crippen LogP contribution in [0.15, 0.2) is 155 Å². The highest BCUT2D eigenvalue weighted by molar-refractivity contribution is 7.91. The zero-order valence-corrected chi connectivity index (χ0v) is 26.3. The number of nitrogens with one attached hydrogen (secondary N) is 2. The van der Waals surface area contributed by atoms with Gasteiger partial charge in [0.2, 0.25) is 9.84 Å². The predicted molar refractivity (Wildman–Crippen MR) is 180 cm³/mol. The summed E-state index contributed by atoms with van der Waals surface area (Å²) in [6.07, 6.45) is 0. The van der Waals surface area contributed by atoms with Gasteiger partial charge in [-0.2, -0.15) is 0 Å². The van der Waals surface area contributed by atoms with Crippen molar-refractivity contribution in [2.75, 3.05) is 10.6 Å². The largest absolute Gasteiger partial charge is 0.457 e. The second-order valence-electron chi connectivity index (χ2n) is 10.6. The van der Waals surface area contributed by atoms with Crippen molar-refractivity contribution >= 4 is 33.0 Å². The fourth-order valence-corrected chi connectivity index (χ4v) is 5.93. The Bertz CT molecular complexity index is 2070. The number of hydrogen-bond donors (Lipinski definition) is 2. The molecule has 0 aliphatic carbocycles. The molecular weight excluding hydrogens is 650 g/mol. The molecule has 6 rings (SSSR count). The highest BCUT2D eigenvalue weighted by Gasteiger charge is 2.18. The van der Waals surface area contributed by atoms with Crippen molar-refractivity contribution in [1.29, 1.82) is 0 Å². The van der Waals surface area contributed by atoms with Gasteiger partial charge in [-0.25, -0.2) is 17.2 Å². The van der Waals surface area contributed by atoms with Crippen molar-refractivity contribution in [2.24, 2.45) is 0 Å². The first-order valence-electron chi connectivity index (χ1n) is 14.8. The summed E-state index contributed by atoms with van der Waals surface area (Å²) in [6, 6.07) is 35.5. The Balaban J connectivity index is 1.07. The number of halogens is 2. The Labute approximate surface area is 280 Å². The van der Waals surface area contributed by atoms with Crippen molar-refractivity contribution < 1.29 is 36.3 Å². The molecule has 11 heteroatoms. The van der Waals surface area contributed by atoms with E-state index in [1.54, 1.807) is 48.5 Å². The molecule has 0 spiro atoms. The molecule has 0 saturated heterocycles. The van der Waals surface area contributed by atoms with Gasteiger partial charge in [0.15, 0.2) is 0 Å². The molecule has 0 aromatic heterocycles. The van der Waals surface area contributed by atoms with Crippen LogP contribution in [-0.4, -0.2) is 20.2 Å². The van der Waals surface area contributed by atoms with E-state index in [1.165, 1.54) is 97.1 Å². The predicted octanol–water partition coefficient (Wildman–Crippen LogP) is 8.89. The summed E-state index contributed by atoms with van der Waals surface area (Å²) in [7, 11) is -3.87. The fourth-order valence-electron chi connectivity index (χ4n) is 4.67. The fraction of sp³-hybridized carbons (Fsp3) is 0. The average Bonchev–Trinajstić information content (AvgIpc) is 3.10. The van der Waals surface area contributed by atoms with Crippen LogP contribution in [0.4, 0.5) is 20.2 Å². The second-order valence-corrected chi connectivity index (χ2v) is 12.6. The molecule has 0 radical (unpaired) electrons. The maximum atomic E-state index is 13.3. The third-order valence-corrected chi connectivity index (χ3v) is 8.92. The molecule has 0 aliphatic rings. The molecule has 0 unspecified atom stereocenters. The number of rotatable bonds is 10. The lowest BCUT2D eigenvalue weighted by molar-refractivity contribution is 0.101. The van der Waals surface area contributed by atoms with Gasteiger partial charge in [-0.3, -0.25) is 9.59 Å². The molecule has 6 aromatic rings. The molecule has 0 atom stereocenters. The summed E-state index contributed by atoms with van der Waals surface area (Å²) in [4.78, 5) is 25.1. The Morgan fingerprint density at radius 3 is 1.20 bits per heavy atom. The monoisotopic (exact) mass is 676 g/mol. The van der Waals surface area contributed by atoms with Crippen LogP contribution in [0.3, 0.4) is 0 Å². The first kappa shape index (κ1) is 32.6. The van der Waals surface area contributed by atoms with Crippen LogP contribution in [0.5, 0.6) is 23.0 Å². The smallest absolute Gasteiger partial charge is 0.255 e.